The number of nitrogens with zero attached hydrogens (tertiary/aromatic N) is 3. The standard InChI is InChI=1S/C22H19ClN4O/c1-14-6-5-7-15(2)20(14)21(17-13-25-19-8-3-4-11-27(17)19)26-22(28)16-9-10-24-18(23)12-16/h3-13,21H,1-2H3,(H,26,28). The Morgan fingerprint density at radius 2 is 1.86 bits per heavy atom. The summed E-state index contributed by atoms with van der Waals surface area (Å²) >= 11 is 5.97. The molecule has 1 aromatic carbocycles. The highest BCUT2D eigenvalue weighted by Crippen LogP contribution is 2.29. The van der Waals surface area contributed by atoms with E-state index in [9.17, 15) is 4.79 Å². The number of amides is 1. The first kappa shape index (κ1) is 18.2. The third kappa shape index (κ3) is 3.37. The number of hydrogen-bond acceptors (Lipinski definition) is 3. The van der Waals surface area contributed by atoms with Gasteiger partial charge < -0.3 is 9.72 Å². The molecule has 0 aliphatic carbocycles. The fourth-order valence-corrected chi connectivity index (χ4v) is 3.67. The molecular weight excluding hydrogens is 372 g/mol. The van der Waals surface area contributed by atoms with E-state index in [1.807, 2.05) is 67.0 Å². The van der Waals surface area contributed by atoms with E-state index in [1.165, 1.54) is 6.20 Å². The third-order valence-electron chi connectivity index (χ3n) is 4.84. The van der Waals surface area contributed by atoms with Gasteiger partial charge in [0.05, 0.1) is 17.9 Å². The molecule has 3 aromatic heterocycles. The number of halogens is 1. The Kier molecular flexibility index (Phi) is 4.84. The van der Waals surface area contributed by atoms with Gasteiger partial charge in [-0.05, 0) is 54.8 Å². The quantitative estimate of drug-likeness (QED) is 0.521. The molecule has 28 heavy (non-hydrogen) atoms. The molecule has 0 saturated carbocycles. The Morgan fingerprint density at radius 1 is 1.07 bits per heavy atom. The average molecular weight is 391 g/mol. The first-order valence-corrected chi connectivity index (χ1v) is 9.33. The molecule has 0 saturated heterocycles. The molecule has 140 valence electrons. The van der Waals surface area contributed by atoms with Gasteiger partial charge >= 0.3 is 0 Å². The third-order valence-corrected chi connectivity index (χ3v) is 5.04. The van der Waals surface area contributed by atoms with E-state index in [2.05, 4.69) is 15.3 Å². The zero-order chi connectivity index (χ0) is 19.7. The molecule has 0 aliphatic rings. The lowest BCUT2D eigenvalue weighted by molar-refractivity contribution is 0.0942. The number of imidazole rings is 1. The van der Waals surface area contributed by atoms with Crippen LogP contribution in [0, 0.1) is 13.8 Å². The van der Waals surface area contributed by atoms with Crippen molar-refractivity contribution >= 4 is 23.2 Å². The monoisotopic (exact) mass is 390 g/mol. The van der Waals surface area contributed by atoms with Gasteiger partial charge in [0, 0.05) is 18.0 Å². The number of carbonyl (C=O) groups is 1. The Bertz CT molecular complexity index is 1150. The van der Waals surface area contributed by atoms with Gasteiger partial charge in [0.2, 0.25) is 0 Å². The first-order chi connectivity index (χ1) is 13.5. The summed E-state index contributed by atoms with van der Waals surface area (Å²) in [7, 11) is 0. The smallest absolute Gasteiger partial charge is 0.252 e. The number of rotatable bonds is 4. The Labute approximate surface area is 168 Å². The number of nitrogens with one attached hydrogen (secondary N) is 1. The lowest BCUT2D eigenvalue weighted by atomic mass is 9.94. The van der Waals surface area contributed by atoms with Crippen LogP contribution in [0.1, 0.15) is 38.8 Å². The second-order valence-corrected chi connectivity index (χ2v) is 7.08. The fraction of sp³-hybridized carbons (Fsp3) is 0.136. The summed E-state index contributed by atoms with van der Waals surface area (Å²) in [4.78, 5) is 21.5. The van der Waals surface area contributed by atoms with Crippen molar-refractivity contribution in [3.63, 3.8) is 0 Å². The summed E-state index contributed by atoms with van der Waals surface area (Å²) in [6.45, 7) is 4.10. The van der Waals surface area contributed by atoms with Crippen molar-refractivity contribution in [3.8, 4) is 0 Å². The van der Waals surface area contributed by atoms with Crippen LogP contribution < -0.4 is 5.32 Å². The van der Waals surface area contributed by atoms with E-state index in [0.29, 0.717) is 5.56 Å². The molecule has 0 bridgehead atoms. The SMILES string of the molecule is Cc1cccc(C)c1C(NC(=O)c1ccnc(Cl)c1)c1cnc2ccccn12. The van der Waals surface area contributed by atoms with Crippen molar-refractivity contribution in [2.75, 3.05) is 0 Å². The normalized spacial score (nSPS) is 12.1. The zero-order valence-corrected chi connectivity index (χ0v) is 16.3. The van der Waals surface area contributed by atoms with Crippen molar-refractivity contribution in [2.24, 2.45) is 0 Å². The highest BCUT2D eigenvalue weighted by Gasteiger charge is 2.24. The Morgan fingerprint density at radius 3 is 2.61 bits per heavy atom. The lowest BCUT2D eigenvalue weighted by Crippen LogP contribution is -2.31. The second kappa shape index (κ2) is 7.44. The summed E-state index contributed by atoms with van der Waals surface area (Å²) in [5.41, 5.74) is 5.44. The predicted molar refractivity (Wildman–Crippen MR) is 110 cm³/mol. The Hall–Kier alpha value is -3.18. The molecule has 0 radical (unpaired) electrons. The number of aryl methyl sites for hydroxylation is 2. The van der Waals surface area contributed by atoms with Crippen LogP contribution in [0.4, 0.5) is 0 Å². The van der Waals surface area contributed by atoms with E-state index >= 15 is 0 Å². The lowest BCUT2D eigenvalue weighted by Gasteiger charge is -2.23. The molecule has 0 fully saturated rings. The van der Waals surface area contributed by atoms with Crippen LogP contribution in [0.3, 0.4) is 0 Å². The van der Waals surface area contributed by atoms with E-state index in [1.54, 1.807) is 12.1 Å². The minimum absolute atomic E-state index is 0.220. The number of aromatic nitrogens is 3. The Balaban J connectivity index is 1.83. The average Bonchev–Trinajstić information content (AvgIpc) is 3.11. The molecule has 1 amide bonds. The van der Waals surface area contributed by atoms with Crippen LogP contribution in [0.2, 0.25) is 5.15 Å². The molecule has 4 aromatic rings. The zero-order valence-electron chi connectivity index (χ0n) is 15.6. The van der Waals surface area contributed by atoms with Crippen LogP contribution >= 0.6 is 11.6 Å². The highest BCUT2D eigenvalue weighted by atomic mass is 35.5. The van der Waals surface area contributed by atoms with Crippen molar-refractivity contribution < 1.29 is 4.79 Å². The van der Waals surface area contributed by atoms with Gasteiger partial charge in [-0.1, -0.05) is 35.9 Å². The minimum atomic E-state index is -0.363. The molecule has 5 nitrogen and oxygen atoms in total. The molecular formula is C22H19ClN4O. The summed E-state index contributed by atoms with van der Waals surface area (Å²) in [6.07, 6.45) is 5.29. The van der Waals surface area contributed by atoms with E-state index < -0.39 is 0 Å². The summed E-state index contributed by atoms with van der Waals surface area (Å²) < 4.78 is 2.00. The van der Waals surface area contributed by atoms with Gasteiger partial charge in [-0.25, -0.2) is 9.97 Å². The molecule has 4 rings (SSSR count). The fourth-order valence-electron chi connectivity index (χ4n) is 3.50. The number of carbonyl (C=O) groups excluding carboxylic acids is 1. The number of pyridine rings is 2. The van der Waals surface area contributed by atoms with Crippen molar-refractivity contribution in [1.82, 2.24) is 19.7 Å². The maximum Gasteiger partial charge on any atom is 0.252 e. The van der Waals surface area contributed by atoms with E-state index in [-0.39, 0.29) is 17.1 Å². The topological polar surface area (TPSA) is 59.3 Å². The molecule has 1 N–H and O–H groups in total. The van der Waals surface area contributed by atoms with Crippen LogP contribution in [-0.4, -0.2) is 20.3 Å². The first-order valence-electron chi connectivity index (χ1n) is 8.95. The maximum atomic E-state index is 13.0. The van der Waals surface area contributed by atoms with Crippen LogP contribution in [0.25, 0.3) is 5.65 Å². The largest absolute Gasteiger partial charge is 0.340 e. The van der Waals surface area contributed by atoms with Crippen LogP contribution in [-0.2, 0) is 0 Å². The molecule has 0 spiro atoms. The van der Waals surface area contributed by atoms with Gasteiger partial charge in [0.1, 0.15) is 10.8 Å². The molecule has 3 heterocycles. The van der Waals surface area contributed by atoms with Gasteiger partial charge in [-0.15, -0.1) is 0 Å². The van der Waals surface area contributed by atoms with E-state index in [4.69, 9.17) is 11.6 Å². The maximum absolute atomic E-state index is 13.0. The van der Waals surface area contributed by atoms with Crippen LogP contribution in [0.5, 0.6) is 0 Å². The predicted octanol–water partition coefficient (Wildman–Crippen LogP) is 4.52. The van der Waals surface area contributed by atoms with Crippen molar-refractivity contribution in [2.45, 2.75) is 19.9 Å². The van der Waals surface area contributed by atoms with Crippen molar-refractivity contribution in [1.29, 1.82) is 0 Å². The van der Waals surface area contributed by atoms with E-state index in [0.717, 1.165) is 28.0 Å². The second-order valence-electron chi connectivity index (χ2n) is 6.69. The molecule has 1 unspecified atom stereocenters. The molecule has 1 atom stereocenters. The summed E-state index contributed by atoms with van der Waals surface area (Å²) in [5, 5.41) is 3.45. The summed E-state index contributed by atoms with van der Waals surface area (Å²) in [5.74, 6) is -0.220. The molecule has 0 aliphatic heterocycles. The minimum Gasteiger partial charge on any atom is -0.340 e. The van der Waals surface area contributed by atoms with Gasteiger partial charge in [-0.3, -0.25) is 4.79 Å². The van der Waals surface area contributed by atoms with Gasteiger partial charge in [0.15, 0.2) is 0 Å². The van der Waals surface area contributed by atoms with Crippen LogP contribution in [0.15, 0.2) is 67.1 Å². The summed E-state index contributed by atoms with van der Waals surface area (Å²) in [6, 6.07) is 14.8. The number of hydrogen-bond donors (Lipinski definition) is 1. The number of benzene rings is 1. The van der Waals surface area contributed by atoms with Crippen molar-refractivity contribution in [3.05, 3.63) is 100 Å². The number of fused-ring (bicyclic) bond motifs is 1. The van der Waals surface area contributed by atoms with Gasteiger partial charge in [0.25, 0.3) is 5.91 Å². The highest BCUT2D eigenvalue weighted by molar-refractivity contribution is 6.29. The molecule has 6 heteroatoms. The van der Waals surface area contributed by atoms with Gasteiger partial charge in [-0.2, -0.15) is 0 Å².